The van der Waals surface area contributed by atoms with E-state index < -0.39 is 6.04 Å². The molecule has 19 heavy (non-hydrogen) atoms. The SMILES string of the molecule is O=C1CC[C@@H](C(=O)OCc2nc3ccccc3s2)N1. The fourth-order valence-electron chi connectivity index (χ4n) is 2.01. The molecule has 5 nitrogen and oxygen atoms in total. The summed E-state index contributed by atoms with van der Waals surface area (Å²) in [4.78, 5) is 27.1. The molecule has 0 aliphatic carbocycles. The van der Waals surface area contributed by atoms with Crippen LogP contribution >= 0.6 is 11.3 Å². The second kappa shape index (κ2) is 4.97. The molecule has 6 heteroatoms. The van der Waals surface area contributed by atoms with Gasteiger partial charge in [0.2, 0.25) is 5.91 Å². The predicted octanol–water partition coefficient (Wildman–Crippen LogP) is 1.62. The van der Waals surface area contributed by atoms with Gasteiger partial charge in [0.25, 0.3) is 0 Å². The molecule has 0 radical (unpaired) electrons. The second-order valence-corrected chi connectivity index (χ2v) is 5.46. The van der Waals surface area contributed by atoms with Crippen molar-refractivity contribution >= 4 is 33.4 Å². The van der Waals surface area contributed by atoms with Gasteiger partial charge in [-0.2, -0.15) is 0 Å². The number of ether oxygens (including phenoxy) is 1. The Labute approximate surface area is 113 Å². The summed E-state index contributed by atoms with van der Waals surface area (Å²) >= 11 is 1.51. The van der Waals surface area contributed by atoms with E-state index in [4.69, 9.17) is 4.74 Å². The highest BCUT2D eigenvalue weighted by molar-refractivity contribution is 7.18. The van der Waals surface area contributed by atoms with E-state index in [2.05, 4.69) is 10.3 Å². The zero-order chi connectivity index (χ0) is 13.2. The third-order valence-electron chi connectivity index (χ3n) is 2.96. The van der Waals surface area contributed by atoms with Crippen molar-refractivity contribution in [3.05, 3.63) is 29.3 Å². The lowest BCUT2D eigenvalue weighted by molar-refractivity contribution is -0.147. The molecule has 2 aromatic rings. The first-order valence-corrected chi connectivity index (χ1v) is 6.84. The van der Waals surface area contributed by atoms with Gasteiger partial charge in [0, 0.05) is 6.42 Å². The van der Waals surface area contributed by atoms with Gasteiger partial charge in [-0.05, 0) is 18.6 Å². The van der Waals surface area contributed by atoms with Crippen molar-refractivity contribution in [1.29, 1.82) is 0 Å². The summed E-state index contributed by atoms with van der Waals surface area (Å²) in [6, 6.07) is 7.28. The molecule has 1 fully saturated rings. The topological polar surface area (TPSA) is 68.3 Å². The first kappa shape index (κ1) is 12.1. The van der Waals surface area contributed by atoms with E-state index in [9.17, 15) is 9.59 Å². The summed E-state index contributed by atoms with van der Waals surface area (Å²) in [6.45, 7) is 0.157. The maximum Gasteiger partial charge on any atom is 0.329 e. The molecule has 1 atom stereocenters. The summed E-state index contributed by atoms with van der Waals surface area (Å²) < 4.78 is 6.26. The molecule has 0 bridgehead atoms. The molecule has 2 heterocycles. The molecular weight excluding hydrogens is 264 g/mol. The molecule has 0 spiro atoms. The van der Waals surface area contributed by atoms with Crippen LogP contribution < -0.4 is 5.32 Å². The number of aromatic nitrogens is 1. The van der Waals surface area contributed by atoms with Crippen molar-refractivity contribution in [2.24, 2.45) is 0 Å². The maximum atomic E-state index is 11.7. The minimum absolute atomic E-state index is 0.0954. The number of nitrogens with zero attached hydrogens (tertiary/aromatic N) is 1. The highest BCUT2D eigenvalue weighted by Crippen LogP contribution is 2.22. The lowest BCUT2D eigenvalue weighted by Crippen LogP contribution is -2.34. The maximum absolute atomic E-state index is 11.7. The smallest absolute Gasteiger partial charge is 0.329 e. The summed E-state index contributed by atoms with van der Waals surface area (Å²) in [6.07, 6.45) is 0.901. The third kappa shape index (κ3) is 2.58. The normalized spacial score (nSPS) is 18.5. The van der Waals surface area contributed by atoms with Crippen LogP contribution in [0.5, 0.6) is 0 Å². The van der Waals surface area contributed by atoms with E-state index >= 15 is 0 Å². The van der Waals surface area contributed by atoms with Crippen LogP contribution in [0.4, 0.5) is 0 Å². The lowest BCUT2D eigenvalue weighted by Gasteiger charge is -2.08. The number of benzene rings is 1. The highest BCUT2D eigenvalue weighted by Gasteiger charge is 2.28. The van der Waals surface area contributed by atoms with Gasteiger partial charge in [0.05, 0.1) is 10.2 Å². The lowest BCUT2D eigenvalue weighted by atomic mass is 10.2. The van der Waals surface area contributed by atoms with E-state index in [1.807, 2.05) is 24.3 Å². The molecular formula is C13H12N2O3S. The fraction of sp³-hybridized carbons (Fsp3) is 0.308. The van der Waals surface area contributed by atoms with Gasteiger partial charge in [-0.1, -0.05) is 12.1 Å². The van der Waals surface area contributed by atoms with Crippen LogP contribution in [0.1, 0.15) is 17.8 Å². The van der Waals surface area contributed by atoms with E-state index in [1.165, 1.54) is 11.3 Å². The number of esters is 1. The van der Waals surface area contributed by atoms with Gasteiger partial charge in [0.15, 0.2) is 0 Å². The predicted molar refractivity (Wildman–Crippen MR) is 70.6 cm³/mol. The number of hydrogen-bond donors (Lipinski definition) is 1. The second-order valence-electron chi connectivity index (χ2n) is 4.34. The molecule has 1 saturated heterocycles. The zero-order valence-electron chi connectivity index (χ0n) is 10.1. The number of carbonyl (C=O) groups is 2. The van der Waals surface area contributed by atoms with Crippen LogP contribution in [0.15, 0.2) is 24.3 Å². The molecule has 1 aliphatic rings. The number of hydrogen-bond acceptors (Lipinski definition) is 5. The van der Waals surface area contributed by atoms with Crippen molar-refractivity contribution in [1.82, 2.24) is 10.3 Å². The number of thiazole rings is 1. The Hall–Kier alpha value is -1.95. The summed E-state index contributed by atoms with van der Waals surface area (Å²) in [5.41, 5.74) is 0.910. The zero-order valence-corrected chi connectivity index (χ0v) is 10.9. The largest absolute Gasteiger partial charge is 0.457 e. The first-order valence-electron chi connectivity index (χ1n) is 6.03. The van der Waals surface area contributed by atoms with Crippen molar-refractivity contribution in [3.63, 3.8) is 0 Å². The van der Waals surface area contributed by atoms with Crippen molar-refractivity contribution < 1.29 is 14.3 Å². The van der Waals surface area contributed by atoms with Crippen LogP contribution in [0, 0.1) is 0 Å². The Bertz CT molecular complexity index is 605. The van der Waals surface area contributed by atoms with Crippen LogP contribution in [-0.4, -0.2) is 22.9 Å². The molecule has 98 valence electrons. The molecule has 3 rings (SSSR count). The van der Waals surface area contributed by atoms with Gasteiger partial charge in [-0.3, -0.25) is 4.79 Å². The standard InChI is InChI=1S/C13H12N2O3S/c16-11-6-5-9(14-11)13(17)18-7-12-15-8-3-1-2-4-10(8)19-12/h1-4,9H,5-7H2,(H,14,16)/t9-/m0/s1. The average molecular weight is 276 g/mol. The molecule has 1 aliphatic heterocycles. The molecule has 1 aromatic heterocycles. The van der Waals surface area contributed by atoms with Crippen molar-refractivity contribution in [3.8, 4) is 0 Å². The summed E-state index contributed by atoms with van der Waals surface area (Å²) in [5, 5.41) is 3.35. The number of carbonyl (C=O) groups excluding carboxylic acids is 2. The first-order chi connectivity index (χ1) is 9.22. The Balaban J connectivity index is 1.62. The van der Waals surface area contributed by atoms with Crippen molar-refractivity contribution in [2.75, 3.05) is 0 Å². The monoisotopic (exact) mass is 276 g/mol. The van der Waals surface area contributed by atoms with E-state index in [-0.39, 0.29) is 18.5 Å². The third-order valence-corrected chi connectivity index (χ3v) is 3.97. The van der Waals surface area contributed by atoms with Gasteiger partial charge >= 0.3 is 5.97 Å². The Morgan fingerprint density at radius 1 is 1.47 bits per heavy atom. The van der Waals surface area contributed by atoms with E-state index in [1.54, 1.807) is 0 Å². The molecule has 1 aromatic carbocycles. The molecule has 1 N–H and O–H groups in total. The number of amides is 1. The van der Waals surface area contributed by atoms with Gasteiger partial charge in [-0.25, -0.2) is 9.78 Å². The molecule has 0 saturated carbocycles. The Kier molecular flexibility index (Phi) is 3.16. The van der Waals surface area contributed by atoms with Crippen LogP contribution in [-0.2, 0) is 20.9 Å². The number of fused-ring (bicyclic) bond motifs is 1. The van der Waals surface area contributed by atoms with Crippen LogP contribution in [0.2, 0.25) is 0 Å². The van der Waals surface area contributed by atoms with E-state index in [0.29, 0.717) is 12.8 Å². The van der Waals surface area contributed by atoms with Gasteiger partial charge < -0.3 is 10.1 Å². The van der Waals surface area contributed by atoms with Crippen LogP contribution in [0.3, 0.4) is 0 Å². The van der Waals surface area contributed by atoms with Crippen LogP contribution in [0.25, 0.3) is 10.2 Å². The Morgan fingerprint density at radius 3 is 3.05 bits per heavy atom. The van der Waals surface area contributed by atoms with Gasteiger partial charge in [0.1, 0.15) is 17.7 Å². The van der Waals surface area contributed by atoms with E-state index in [0.717, 1.165) is 15.2 Å². The fourth-order valence-corrected chi connectivity index (χ4v) is 2.89. The molecule has 0 unspecified atom stereocenters. The van der Waals surface area contributed by atoms with Gasteiger partial charge in [-0.15, -0.1) is 11.3 Å². The number of para-hydroxylation sites is 1. The summed E-state index contributed by atoms with van der Waals surface area (Å²) in [5.74, 6) is -0.480. The Morgan fingerprint density at radius 2 is 2.32 bits per heavy atom. The number of nitrogens with one attached hydrogen (secondary N) is 1. The summed E-state index contributed by atoms with van der Waals surface area (Å²) in [7, 11) is 0. The number of rotatable bonds is 3. The minimum atomic E-state index is -0.498. The minimum Gasteiger partial charge on any atom is -0.457 e. The quantitative estimate of drug-likeness (QED) is 0.865. The highest BCUT2D eigenvalue weighted by atomic mass is 32.1. The molecule has 1 amide bonds. The average Bonchev–Trinajstić information content (AvgIpc) is 3.01. The van der Waals surface area contributed by atoms with Crippen molar-refractivity contribution in [2.45, 2.75) is 25.5 Å².